The van der Waals surface area contributed by atoms with Crippen LogP contribution >= 0.6 is 0 Å². The van der Waals surface area contributed by atoms with Crippen LogP contribution in [0.25, 0.3) is 0 Å². The highest BCUT2D eigenvalue weighted by Gasteiger charge is 2.19. The van der Waals surface area contributed by atoms with E-state index in [1.54, 1.807) is 0 Å². The zero-order valence-electron chi connectivity index (χ0n) is 9.15. The van der Waals surface area contributed by atoms with E-state index in [-0.39, 0.29) is 0 Å². The van der Waals surface area contributed by atoms with Crippen LogP contribution in [0.5, 0.6) is 0 Å². The lowest BCUT2D eigenvalue weighted by Crippen LogP contribution is -2.18. The van der Waals surface area contributed by atoms with Gasteiger partial charge in [0.25, 0.3) is 0 Å². The lowest BCUT2D eigenvalue weighted by atomic mass is 10.2. The van der Waals surface area contributed by atoms with E-state index in [0.717, 1.165) is 44.5 Å². The minimum atomic E-state index is 0.293. The van der Waals surface area contributed by atoms with Crippen LogP contribution in [0.4, 0.5) is 5.82 Å². The minimum absolute atomic E-state index is 0.293. The molecule has 0 aromatic carbocycles. The molecule has 5 nitrogen and oxygen atoms in total. The van der Waals surface area contributed by atoms with E-state index in [9.17, 15) is 0 Å². The van der Waals surface area contributed by atoms with Crippen molar-refractivity contribution in [3.05, 3.63) is 5.69 Å². The predicted octanol–water partition coefficient (Wildman–Crippen LogP) is 0.992. The van der Waals surface area contributed by atoms with Crippen molar-refractivity contribution in [2.75, 3.05) is 12.3 Å². The topological polar surface area (TPSA) is 66.0 Å². The third-order valence-electron chi connectivity index (χ3n) is 2.76. The summed E-state index contributed by atoms with van der Waals surface area (Å²) in [5, 5.41) is 7.97. The highest BCUT2D eigenvalue weighted by atomic mass is 16.5. The molecular weight excluding hydrogens is 192 g/mol. The van der Waals surface area contributed by atoms with E-state index in [0.29, 0.717) is 11.9 Å². The molecule has 1 saturated heterocycles. The van der Waals surface area contributed by atoms with E-state index in [1.165, 1.54) is 0 Å². The lowest BCUT2D eigenvalue weighted by Gasteiger charge is -2.11. The average molecular weight is 210 g/mol. The standard InChI is InChI=1S/C10H18N4O/c1-2-4-9-10(11)12-13-14(9)7-8-5-3-6-15-8/h8H,2-7,11H2,1H3. The maximum Gasteiger partial charge on any atom is 0.169 e. The molecule has 1 aliphatic rings. The average Bonchev–Trinajstić information content (AvgIpc) is 2.83. The first-order valence-electron chi connectivity index (χ1n) is 5.60. The molecule has 0 saturated carbocycles. The van der Waals surface area contributed by atoms with E-state index >= 15 is 0 Å². The molecule has 2 rings (SSSR count). The normalized spacial score (nSPS) is 21.0. The molecule has 1 unspecified atom stereocenters. The van der Waals surface area contributed by atoms with Gasteiger partial charge in [0.05, 0.1) is 18.3 Å². The van der Waals surface area contributed by atoms with Crippen molar-refractivity contribution in [2.45, 2.75) is 45.3 Å². The van der Waals surface area contributed by atoms with E-state index in [4.69, 9.17) is 10.5 Å². The molecule has 1 aromatic rings. The SMILES string of the molecule is CCCc1c(N)nnn1CC1CCCO1. The number of rotatable bonds is 4. The lowest BCUT2D eigenvalue weighted by molar-refractivity contribution is 0.0927. The maximum absolute atomic E-state index is 5.77. The van der Waals surface area contributed by atoms with Gasteiger partial charge in [0.2, 0.25) is 0 Å². The molecule has 0 radical (unpaired) electrons. The summed E-state index contributed by atoms with van der Waals surface area (Å²) >= 11 is 0. The van der Waals surface area contributed by atoms with Gasteiger partial charge in [-0.15, -0.1) is 5.10 Å². The summed E-state index contributed by atoms with van der Waals surface area (Å²) in [4.78, 5) is 0. The molecule has 0 amide bonds. The molecular formula is C10H18N4O. The van der Waals surface area contributed by atoms with Crippen LogP contribution in [0, 0.1) is 0 Å². The number of hydrogen-bond acceptors (Lipinski definition) is 4. The molecule has 5 heteroatoms. The van der Waals surface area contributed by atoms with Crippen LogP contribution in [-0.4, -0.2) is 27.7 Å². The van der Waals surface area contributed by atoms with Crippen molar-refractivity contribution in [2.24, 2.45) is 0 Å². The van der Waals surface area contributed by atoms with Gasteiger partial charge >= 0.3 is 0 Å². The summed E-state index contributed by atoms with van der Waals surface area (Å²) in [6.45, 7) is 3.79. The molecule has 0 aliphatic carbocycles. The fraction of sp³-hybridized carbons (Fsp3) is 0.800. The van der Waals surface area contributed by atoms with Crippen LogP contribution in [-0.2, 0) is 17.7 Å². The van der Waals surface area contributed by atoms with Crippen LogP contribution in [0.1, 0.15) is 31.9 Å². The van der Waals surface area contributed by atoms with Crippen molar-refractivity contribution in [3.8, 4) is 0 Å². The monoisotopic (exact) mass is 210 g/mol. The van der Waals surface area contributed by atoms with Crippen molar-refractivity contribution < 1.29 is 4.74 Å². The van der Waals surface area contributed by atoms with Crippen molar-refractivity contribution in [3.63, 3.8) is 0 Å². The van der Waals surface area contributed by atoms with Gasteiger partial charge < -0.3 is 10.5 Å². The third kappa shape index (κ3) is 2.28. The third-order valence-corrected chi connectivity index (χ3v) is 2.76. The van der Waals surface area contributed by atoms with Gasteiger partial charge in [-0.3, -0.25) is 0 Å². The predicted molar refractivity (Wildman–Crippen MR) is 57.4 cm³/mol. The molecule has 15 heavy (non-hydrogen) atoms. The summed E-state index contributed by atoms with van der Waals surface area (Å²) in [6, 6.07) is 0. The van der Waals surface area contributed by atoms with Crippen molar-refractivity contribution >= 4 is 5.82 Å². The molecule has 1 aromatic heterocycles. The zero-order valence-corrected chi connectivity index (χ0v) is 9.15. The molecule has 1 fully saturated rings. The Bertz CT molecular complexity index is 317. The highest BCUT2D eigenvalue weighted by molar-refractivity contribution is 5.32. The zero-order chi connectivity index (χ0) is 10.7. The Morgan fingerprint density at radius 2 is 2.47 bits per heavy atom. The van der Waals surface area contributed by atoms with Gasteiger partial charge in [0, 0.05) is 6.61 Å². The van der Waals surface area contributed by atoms with Crippen LogP contribution in [0.3, 0.4) is 0 Å². The van der Waals surface area contributed by atoms with Gasteiger partial charge in [0.1, 0.15) is 0 Å². The first kappa shape index (κ1) is 10.4. The number of nitrogen functional groups attached to an aromatic ring is 1. The Kier molecular flexibility index (Phi) is 3.20. The summed E-state index contributed by atoms with van der Waals surface area (Å²) in [5.74, 6) is 0.565. The van der Waals surface area contributed by atoms with E-state index < -0.39 is 0 Å². The fourth-order valence-electron chi connectivity index (χ4n) is 1.97. The smallest absolute Gasteiger partial charge is 0.169 e. The fourth-order valence-corrected chi connectivity index (χ4v) is 1.97. The Morgan fingerprint density at radius 1 is 1.60 bits per heavy atom. The summed E-state index contributed by atoms with van der Waals surface area (Å²) < 4.78 is 7.47. The van der Waals surface area contributed by atoms with E-state index in [2.05, 4.69) is 17.2 Å². The molecule has 2 N–H and O–H groups in total. The minimum Gasteiger partial charge on any atom is -0.381 e. The number of ether oxygens (including phenoxy) is 1. The van der Waals surface area contributed by atoms with Crippen LogP contribution < -0.4 is 5.73 Å². The van der Waals surface area contributed by atoms with Gasteiger partial charge in [-0.2, -0.15) is 0 Å². The number of nitrogens with zero attached hydrogens (tertiary/aromatic N) is 3. The Hall–Kier alpha value is -1.10. The molecule has 84 valence electrons. The molecule has 1 atom stereocenters. The second kappa shape index (κ2) is 4.61. The Labute approximate surface area is 89.6 Å². The Balaban J connectivity index is 2.05. The Morgan fingerprint density at radius 3 is 3.13 bits per heavy atom. The second-order valence-electron chi connectivity index (χ2n) is 3.99. The number of nitrogens with two attached hydrogens (primary N) is 1. The summed E-state index contributed by atoms with van der Waals surface area (Å²) in [5.41, 5.74) is 6.82. The van der Waals surface area contributed by atoms with Gasteiger partial charge in [0.15, 0.2) is 5.82 Å². The first-order chi connectivity index (χ1) is 7.31. The number of aromatic nitrogens is 3. The summed E-state index contributed by atoms with van der Waals surface area (Å²) in [7, 11) is 0. The van der Waals surface area contributed by atoms with Crippen LogP contribution in [0.2, 0.25) is 0 Å². The molecule has 0 spiro atoms. The largest absolute Gasteiger partial charge is 0.381 e. The summed E-state index contributed by atoms with van der Waals surface area (Å²) in [6.07, 6.45) is 4.56. The number of anilines is 1. The number of hydrogen-bond donors (Lipinski definition) is 1. The second-order valence-corrected chi connectivity index (χ2v) is 3.99. The molecule has 0 bridgehead atoms. The highest BCUT2D eigenvalue weighted by Crippen LogP contribution is 2.16. The molecule has 1 aliphatic heterocycles. The van der Waals surface area contributed by atoms with Crippen molar-refractivity contribution in [1.29, 1.82) is 0 Å². The van der Waals surface area contributed by atoms with E-state index in [1.807, 2.05) is 4.68 Å². The molecule has 2 heterocycles. The van der Waals surface area contributed by atoms with Gasteiger partial charge in [-0.25, -0.2) is 4.68 Å². The quantitative estimate of drug-likeness (QED) is 0.804. The van der Waals surface area contributed by atoms with Gasteiger partial charge in [-0.1, -0.05) is 18.6 Å². The first-order valence-corrected chi connectivity index (χ1v) is 5.60. The van der Waals surface area contributed by atoms with Crippen LogP contribution in [0.15, 0.2) is 0 Å². The van der Waals surface area contributed by atoms with Gasteiger partial charge in [-0.05, 0) is 19.3 Å². The van der Waals surface area contributed by atoms with Crippen molar-refractivity contribution in [1.82, 2.24) is 15.0 Å². The maximum atomic E-state index is 5.77.